The Balaban J connectivity index is 1.57. The molecule has 0 aliphatic carbocycles. The lowest BCUT2D eigenvalue weighted by molar-refractivity contribution is 0.462. The third-order valence-corrected chi connectivity index (χ3v) is 5.81. The molecule has 1 unspecified atom stereocenters. The monoisotopic (exact) mass is 389 g/mol. The average Bonchev–Trinajstić information content (AvgIpc) is 3.15. The van der Waals surface area contributed by atoms with E-state index in [-0.39, 0.29) is 11.9 Å². The zero-order valence-electron chi connectivity index (χ0n) is 16.3. The number of aromatic nitrogens is 1. The molecule has 0 spiro atoms. The molecule has 2 N–H and O–H groups in total. The molecule has 5 nitrogen and oxygen atoms in total. The molecule has 0 saturated carbocycles. The summed E-state index contributed by atoms with van der Waals surface area (Å²) < 4.78 is 14.2. The summed E-state index contributed by atoms with van der Waals surface area (Å²) >= 11 is 1.69. The lowest BCUT2D eigenvalue weighted by Gasteiger charge is -2.35. The summed E-state index contributed by atoms with van der Waals surface area (Å²) in [7, 11) is 1.77. The number of rotatable bonds is 5. The Morgan fingerprint density at radius 1 is 1.44 bits per heavy atom. The van der Waals surface area contributed by atoms with Crippen molar-refractivity contribution < 1.29 is 4.39 Å². The first-order chi connectivity index (χ1) is 13.1. The second kappa shape index (κ2) is 9.17. The van der Waals surface area contributed by atoms with Crippen LogP contribution in [0.5, 0.6) is 0 Å². The van der Waals surface area contributed by atoms with E-state index in [2.05, 4.69) is 37.8 Å². The Hall–Kier alpha value is -2.15. The molecule has 7 heteroatoms. The van der Waals surface area contributed by atoms with Crippen LogP contribution in [0.1, 0.15) is 36.0 Å². The van der Waals surface area contributed by atoms with Crippen LogP contribution in [0.25, 0.3) is 0 Å². The normalized spacial score (nSPS) is 17.9. The van der Waals surface area contributed by atoms with Gasteiger partial charge in [-0.2, -0.15) is 0 Å². The van der Waals surface area contributed by atoms with Crippen LogP contribution in [0, 0.1) is 12.7 Å². The fourth-order valence-electron chi connectivity index (χ4n) is 3.33. The Morgan fingerprint density at radius 2 is 2.30 bits per heavy atom. The molecule has 0 bridgehead atoms. The van der Waals surface area contributed by atoms with Crippen LogP contribution in [-0.4, -0.2) is 37.1 Å². The molecule has 1 saturated heterocycles. The van der Waals surface area contributed by atoms with Crippen LogP contribution in [0.15, 0.2) is 28.6 Å². The van der Waals surface area contributed by atoms with Crippen LogP contribution in [0.4, 0.5) is 10.1 Å². The van der Waals surface area contributed by atoms with E-state index in [1.165, 1.54) is 0 Å². The third kappa shape index (κ3) is 5.19. The minimum absolute atomic E-state index is 0.154. The summed E-state index contributed by atoms with van der Waals surface area (Å²) in [6.45, 7) is 6.40. The van der Waals surface area contributed by atoms with Gasteiger partial charge in [-0.3, -0.25) is 4.99 Å². The topological polar surface area (TPSA) is 52.6 Å². The van der Waals surface area contributed by atoms with Crippen molar-refractivity contribution in [3.05, 3.63) is 45.7 Å². The second-order valence-corrected chi connectivity index (χ2v) is 7.84. The van der Waals surface area contributed by atoms with E-state index in [9.17, 15) is 4.39 Å². The number of benzene rings is 1. The molecule has 1 aromatic carbocycles. The highest BCUT2D eigenvalue weighted by atomic mass is 32.1. The maximum Gasteiger partial charge on any atom is 0.191 e. The molecule has 1 aromatic heterocycles. The lowest BCUT2D eigenvalue weighted by atomic mass is 10.0. The molecule has 2 aromatic rings. The van der Waals surface area contributed by atoms with Crippen LogP contribution in [0.3, 0.4) is 0 Å². The summed E-state index contributed by atoms with van der Waals surface area (Å²) in [5.41, 5.74) is 2.81. The minimum Gasteiger partial charge on any atom is -0.367 e. The van der Waals surface area contributed by atoms with Gasteiger partial charge in [-0.1, -0.05) is 13.0 Å². The van der Waals surface area contributed by atoms with Gasteiger partial charge in [0.25, 0.3) is 0 Å². The highest BCUT2D eigenvalue weighted by molar-refractivity contribution is 7.09. The van der Waals surface area contributed by atoms with E-state index >= 15 is 0 Å². The molecular formula is C20H28FN5S. The van der Waals surface area contributed by atoms with Gasteiger partial charge in [0.1, 0.15) is 5.82 Å². The molecule has 1 aliphatic rings. The van der Waals surface area contributed by atoms with Gasteiger partial charge in [-0.15, -0.1) is 11.3 Å². The number of anilines is 1. The van der Waals surface area contributed by atoms with Crippen molar-refractivity contribution in [2.24, 2.45) is 4.99 Å². The summed E-state index contributed by atoms with van der Waals surface area (Å²) in [5.74, 6) is 0.608. The SMILES string of the molecule is CCc1nc(CNC(=NC)NC2CCCN(c3cc(C)ccc3F)C2)cs1. The van der Waals surface area contributed by atoms with E-state index in [0.29, 0.717) is 12.2 Å². The highest BCUT2D eigenvalue weighted by Crippen LogP contribution is 2.24. The molecule has 2 heterocycles. The summed E-state index contributed by atoms with van der Waals surface area (Å²) in [6, 6.07) is 5.53. The van der Waals surface area contributed by atoms with E-state index < -0.39 is 0 Å². The molecule has 0 amide bonds. The number of hydrogen-bond acceptors (Lipinski definition) is 4. The number of aliphatic imine (C=N–C) groups is 1. The van der Waals surface area contributed by atoms with Gasteiger partial charge in [0.05, 0.1) is 22.9 Å². The Labute approximate surface area is 164 Å². The smallest absolute Gasteiger partial charge is 0.191 e. The Morgan fingerprint density at radius 3 is 3.04 bits per heavy atom. The molecular weight excluding hydrogens is 361 g/mol. The fraction of sp³-hybridized carbons (Fsp3) is 0.500. The molecule has 146 valence electrons. The van der Waals surface area contributed by atoms with E-state index in [0.717, 1.165) is 54.6 Å². The first-order valence-electron chi connectivity index (χ1n) is 9.50. The number of nitrogens with one attached hydrogen (secondary N) is 2. The number of piperidine rings is 1. The summed E-state index contributed by atoms with van der Waals surface area (Å²) in [4.78, 5) is 11.0. The molecule has 0 radical (unpaired) electrons. The maximum absolute atomic E-state index is 14.2. The molecule has 1 aliphatic heterocycles. The number of thiazole rings is 1. The lowest BCUT2D eigenvalue weighted by Crippen LogP contribution is -2.51. The average molecular weight is 390 g/mol. The van der Waals surface area contributed by atoms with Gasteiger partial charge >= 0.3 is 0 Å². The standard InChI is InChI=1S/C20H28FN5S/c1-4-19-24-16(13-27-19)11-23-20(22-3)25-15-6-5-9-26(12-15)18-10-14(2)7-8-17(18)21/h7-8,10,13,15H,4-6,9,11-12H2,1-3H3,(H2,22,23,25). The molecule has 1 fully saturated rings. The van der Waals surface area contributed by atoms with Gasteiger partial charge in [0.2, 0.25) is 0 Å². The van der Waals surface area contributed by atoms with Gasteiger partial charge in [0, 0.05) is 31.6 Å². The summed E-state index contributed by atoms with van der Waals surface area (Å²) in [5, 5.41) is 10.1. The number of aryl methyl sites for hydroxylation is 2. The minimum atomic E-state index is -0.154. The largest absolute Gasteiger partial charge is 0.367 e. The third-order valence-electron chi connectivity index (χ3n) is 4.77. The molecule has 1 atom stereocenters. The quantitative estimate of drug-likeness (QED) is 0.607. The van der Waals surface area contributed by atoms with Gasteiger partial charge in [0.15, 0.2) is 5.96 Å². The highest BCUT2D eigenvalue weighted by Gasteiger charge is 2.23. The van der Waals surface area contributed by atoms with E-state index in [1.807, 2.05) is 19.1 Å². The van der Waals surface area contributed by atoms with Crippen LogP contribution in [0.2, 0.25) is 0 Å². The predicted molar refractivity (Wildman–Crippen MR) is 111 cm³/mol. The van der Waals surface area contributed by atoms with Crippen LogP contribution < -0.4 is 15.5 Å². The zero-order chi connectivity index (χ0) is 19.2. The van der Waals surface area contributed by atoms with E-state index in [1.54, 1.807) is 24.5 Å². The zero-order valence-corrected chi connectivity index (χ0v) is 17.1. The van der Waals surface area contributed by atoms with Crippen molar-refractivity contribution in [2.45, 2.75) is 45.7 Å². The molecule has 3 rings (SSSR count). The van der Waals surface area contributed by atoms with Gasteiger partial charge in [-0.25, -0.2) is 9.37 Å². The molecule has 27 heavy (non-hydrogen) atoms. The van der Waals surface area contributed by atoms with Crippen LogP contribution >= 0.6 is 11.3 Å². The Bertz CT molecular complexity index is 788. The van der Waals surface area contributed by atoms with Gasteiger partial charge in [-0.05, 0) is 43.9 Å². The van der Waals surface area contributed by atoms with Crippen molar-refractivity contribution >= 4 is 23.0 Å². The van der Waals surface area contributed by atoms with Crippen molar-refractivity contribution in [1.29, 1.82) is 0 Å². The van der Waals surface area contributed by atoms with Crippen molar-refractivity contribution in [1.82, 2.24) is 15.6 Å². The van der Waals surface area contributed by atoms with Gasteiger partial charge < -0.3 is 15.5 Å². The maximum atomic E-state index is 14.2. The van der Waals surface area contributed by atoms with Crippen LogP contribution in [-0.2, 0) is 13.0 Å². The van der Waals surface area contributed by atoms with Crippen molar-refractivity contribution in [3.8, 4) is 0 Å². The van der Waals surface area contributed by atoms with Crippen molar-refractivity contribution in [2.75, 3.05) is 25.0 Å². The summed E-state index contributed by atoms with van der Waals surface area (Å²) in [6.07, 6.45) is 3.03. The van der Waals surface area contributed by atoms with E-state index in [4.69, 9.17) is 0 Å². The number of guanidine groups is 1. The first kappa shape index (κ1) is 19.6. The predicted octanol–water partition coefficient (Wildman–Crippen LogP) is 3.49. The Kier molecular flexibility index (Phi) is 6.66. The number of halogens is 1. The fourth-order valence-corrected chi connectivity index (χ4v) is 4.08. The first-order valence-corrected chi connectivity index (χ1v) is 10.4. The second-order valence-electron chi connectivity index (χ2n) is 6.90. The van der Waals surface area contributed by atoms with Crippen molar-refractivity contribution in [3.63, 3.8) is 0 Å². The number of hydrogen-bond donors (Lipinski definition) is 2. The number of nitrogens with zero attached hydrogens (tertiary/aromatic N) is 3.